The van der Waals surface area contributed by atoms with E-state index in [1.807, 2.05) is 31.2 Å². The van der Waals surface area contributed by atoms with Crippen LogP contribution in [0.15, 0.2) is 34.9 Å². The van der Waals surface area contributed by atoms with Crippen molar-refractivity contribution in [3.8, 4) is 11.3 Å². The van der Waals surface area contributed by atoms with Crippen LogP contribution in [0.2, 0.25) is 0 Å². The largest absolute Gasteiger partial charge is 0.481 e. The van der Waals surface area contributed by atoms with Crippen molar-refractivity contribution in [3.63, 3.8) is 0 Å². The molecule has 0 saturated carbocycles. The van der Waals surface area contributed by atoms with Gasteiger partial charge in [-0.3, -0.25) is 14.4 Å². The fourth-order valence-electron chi connectivity index (χ4n) is 5.57. The second-order valence-corrected chi connectivity index (χ2v) is 11.2. The smallest absolute Gasteiger partial charge is 0.336 e. The summed E-state index contributed by atoms with van der Waals surface area (Å²) in [4.78, 5) is 46.0. The van der Waals surface area contributed by atoms with E-state index in [1.54, 1.807) is 0 Å². The third-order valence-electron chi connectivity index (χ3n) is 7.68. The molecule has 4 N–H and O–H groups in total. The summed E-state index contributed by atoms with van der Waals surface area (Å²) in [6.07, 6.45) is 1.12. The fraction of sp³-hybridized carbons (Fsp3) is 0.567. The molecule has 2 fully saturated rings. The van der Waals surface area contributed by atoms with E-state index in [1.165, 1.54) is 0 Å². The maximum Gasteiger partial charge on any atom is 0.336 e. The number of ether oxygens (including phenoxy) is 2. The fourth-order valence-corrected chi connectivity index (χ4v) is 5.57. The van der Waals surface area contributed by atoms with Crippen LogP contribution < -0.4 is 0 Å². The number of carbonyl (C=O) groups excluding carboxylic acids is 1. The summed E-state index contributed by atoms with van der Waals surface area (Å²) in [5, 5.41) is 38.1. The first-order valence-corrected chi connectivity index (χ1v) is 14.3. The highest BCUT2D eigenvalue weighted by Gasteiger charge is 2.45. The SMILES string of the molecule is CCOC(=O)C1(Cc2cc(-c3ccccc3C)no2)CCCN(CC2CCOC2)C1.O=C(O)CC(O)(CC(=O)O)C(=O)O. The lowest BCUT2D eigenvalue weighted by Gasteiger charge is -2.41. The Hall–Kier alpha value is -3.81. The van der Waals surface area contributed by atoms with Crippen LogP contribution in [0.5, 0.6) is 0 Å². The lowest BCUT2D eigenvalue weighted by Crippen LogP contribution is -2.50. The highest BCUT2D eigenvalue weighted by molar-refractivity contribution is 5.88. The van der Waals surface area contributed by atoms with E-state index in [9.17, 15) is 19.2 Å². The standard InChI is InChI=1S/C24H32N2O4.C6H8O7/c1-3-29-23(27)24(10-6-11-26(17-24)15-19-9-12-28-16-19)14-20-13-22(25-30-20)21-8-5-4-7-18(21)2;7-3(8)1-6(13,5(11)12)2-4(9)10/h4-5,7-8,13,19H,3,6,9-12,14-17H2,1-2H3;13H,1-2H2,(H,7,8)(H,9,10)(H,11,12). The Morgan fingerprint density at radius 2 is 1.84 bits per heavy atom. The quantitative estimate of drug-likeness (QED) is 0.258. The molecule has 0 radical (unpaired) electrons. The minimum absolute atomic E-state index is 0.119. The Morgan fingerprint density at radius 1 is 1.14 bits per heavy atom. The molecule has 0 spiro atoms. The Kier molecular flexibility index (Phi) is 11.8. The highest BCUT2D eigenvalue weighted by Crippen LogP contribution is 2.37. The molecule has 2 aliphatic heterocycles. The van der Waals surface area contributed by atoms with E-state index in [4.69, 9.17) is 34.4 Å². The number of benzene rings is 1. The minimum atomic E-state index is -2.74. The van der Waals surface area contributed by atoms with E-state index in [0.29, 0.717) is 25.5 Å². The average molecular weight is 605 g/mol. The zero-order valence-electron chi connectivity index (χ0n) is 24.5. The average Bonchev–Trinajstić information content (AvgIpc) is 3.61. The van der Waals surface area contributed by atoms with Gasteiger partial charge in [0.1, 0.15) is 11.5 Å². The van der Waals surface area contributed by atoms with Crippen molar-refractivity contribution in [3.05, 3.63) is 41.7 Å². The van der Waals surface area contributed by atoms with Crippen molar-refractivity contribution in [2.75, 3.05) is 39.5 Å². The summed E-state index contributed by atoms with van der Waals surface area (Å²) in [6.45, 7) is 8.69. The number of rotatable bonds is 12. The zero-order valence-corrected chi connectivity index (χ0v) is 24.5. The van der Waals surface area contributed by atoms with Crippen LogP contribution in [0.4, 0.5) is 0 Å². The van der Waals surface area contributed by atoms with Crippen molar-refractivity contribution in [1.29, 1.82) is 0 Å². The number of piperidine rings is 1. The summed E-state index contributed by atoms with van der Waals surface area (Å²) >= 11 is 0. The summed E-state index contributed by atoms with van der Waals surface area (Å²) in [5.74, 6) is -3.84. The molecule has 2 atom stereocenters. The van der Waals surface area contributed by atoms with Crippen molar-refractivity contribution < 1.29 is 53.6 Å². The van der Waals surface area contributed by atoms with Crippen molar-refractivity contribution in [2.45, 2.75) is 58.0 Å². The number of carboxylic acid groups (broad SMARTS) is 3. The molecule has 0 aliphatic carbocycles. The van der Waals surface area contributed by atoms with Gasteiger partial charge >= 0.3 is 23.9 Å². The molecule has 43 heavy (non-hydrogen) atoms. The number of aromatic nitrogens is 1. The topological polar surface area (TPSA) is 197 Å². The third kappa shape index (κ3) is 9.34. The Bertz CT molecular complexity index is 1250. The van der Waals surface area contributed by atoms with Gasteiger partial charge in [0.15, 0.2) is 5.60 Å². The van der Waals surface area contributed by atoms with E-state index >= 15 is 0 Å². The normalized spacial score (nSPS) is 20.6. The summed E-state index contributed by atoms with van der Waals surface area (Å²) in [5.41, 5.74) is -0.296. The number of carbonyl (C=O) groups is 4. The van der Waals surface area contributed by atoms with Crippen LogP contribution in [0, 0.1) is 18.3 Å². The number of nitrogens with zero attached hydrogens (tertiary/aromatic N) is 2. The van der Waals surface area contributed by atoms with Gasteiger partial charge < -0.3 is 39.3 Å². The summed E-state index contributed by atoms with van der Waals surface area (Å²) in [7, 11) is 0. The van der Waals surface area contributed by atoms with E-state index in [-0.39, 0.29) is 5.97 Å². The predicted octanol–water partition coefficient (Wildman–Crippen LogP) is 2.63. The maximum absolute atomic E-state index is 13.1. The highest BCUT2D eigenvalue weighted by atomic mass is 16.5. The minimum Gasteiger partial charge on any atom is -0.481 e. The second kappa shape index (κ2) is 15.1. The van der Waals surface area contributed by atoms with E-state index < -0.39 is 41.8 Å². The van der Waals surface area contributed by atoms with Gasteiger partial charge in [0, 0.05) is 37.7 Å². The molecule has 13 heteroatoms. The van der Waals surface area contributed by atoms with Gasteiger partial charge in [-0.05, 0) is 51.1 Å². The van der Waals surface area contributed by atoms with Crippen LogP contribution in [-0.2, 0) is 35.1 Å². The number of hydrogen-bond donors (Lipinski definition) is 4. The number of aryl methyl sites for hydroxylation is 1. The Balaban J connectivity index is 0.000000331. The molecule has 1 aromatic carbocycles. The molecule has 13 nitrogen and oxygen atoms in total. The van der Waals surface area contributed by atoms with Gasteiger partial charge in [0.25, 0.3) is 0 Å². The Labute approximate surface area is 249 Å². The van der Waals surface area contributed by atoms with Crippen LogP contribution in [-0.4, -0.2) is 99.4 Å². The van der Waals surface area contributed by atoms with Crippen molar-refractivity contribution in [2.24, 2.45) is 11.3 Å². The molecule has 2 aliphatic rings. The number of esters is 1. The maximum atomic E-state index is 13.1. The third-order valence-corrected chi connectivity index (χ3v) is 7.68. The lowest BCUT2D eigenvalue weighted by atomic mass is 9.76. The molecular weight excluding hydrogens is 564 g/mol. The first kappa shape index (κ1) is 33.7. The number of likely N-dealkylation sites (tertiary alicyclic amines) is 1. The number of aliphatic carboxylic acids is 3. The molecule has 0 amide bonds. The van der Waals surface area contributed by atoms with Crippen LogP contribution >= 0.6 is 0 Å². The van der Waals surface area contributed by atoms with Gasteiger partial charge in [-0.1, -0.05) is 29.4 Å². The van der Waals surface area contributed by atoms with Crippen molar-refractivity contribution >= 4 is 23.9 Å². The number of carboxylic acids is 3. The van der Waals surface area contributed by atoms with Crippen LogP contribution in [0.3, 0.4) is 0 Å². The van der Waals surface area contributed by atoms with Crippen LogP contribution in [0.25, 0.3) is 11.3 Å². The van der Waals surface area contributed by atoms with Crippen LogP contribution in [0.1, 0.15) is 50.4 Å². The summed E-state index contributed by atoms with van der Waals surface area (Å²) in [6, 6.07) is 10.1. The predicted molar refractivity (Wildman–Crippen MR) is 151 cm³/mol. The molecule has 2 unspecified atom stereocenters. The monoisotopic (exact) mass is 604 g/mol. The zero-order chi connectivity index (χ0) is 31.6. The molecule has 3 heterocycles. The van der Waals surface area contributed by atoms with Gasteiger partial charge in [-0.2, -0.15) is 0 Å². The number of aliphatic hydroxyl groups is 1. The molecule has 2 saturated heterocycles. The van der Waals surface area contributed by atoms with Gasteiger partial charge in [0.05, 0.1) is 31.5 Å². The first-order valence-electron chi connectivity index (χ1n) is 14.3. The van der Waals surface area contributed by atoms with Gasteiger partial charge in [0.2, 0.25) is 0 Å². The van der Waals surface area contributed by atoms with E-state index in [2.05, 4.69) is 23.0 Å². The van der Waals surface area contributed by atoms with E-state index in [0.717, 1.165) is 68.1 Å². The lowest BCUT2D eigenvalue weighted by molar-refractivity contribution is -0.170. The molecule has 0 bridgehead atoms. The first-order chi connectivity index (χ1) is 20.4. The van der Waals surface area contributed by atoms with Crippen molar-refractivity contribution in [1.82, 2.24) is 10.1 Å². The Morgan fingerprint density at radius 3 is 2.42 bits per heavy atom. The molecular formula is C30H40N2O11. The second-order valence-electron chi connectivity index (χ2n) is 11.2. The van der Waals surface area contributed by atoms with Gasteiger partial charge in [-0.25, -0.2) is 4.79 Å². The molecule has 1 aromatic heterocycles. The molecule has 2 aromatic rings. The number of hydrogen-bond acceptors (Lipinski definition) is 10. The molecule has 4 rings (SSSR count). The summed E-state index contributed by atoms with van der Waals surface area (Å²) < 4.78 is 16.8. The van der Waals surface area contributed by atoms with Gasteiger partial charge in [-0.15, -0.1) is 0 Å². The molecule has 236 valence electrons.